The number of hydrogen-bond acceptors (Lipinski definition) is 1. The van der Waals surface area contributed by atoms with Gasteiger partial charge in [-0.1, -0.05) is 48.0 Å². The highest BCUT2D eigenvalue weighted by molar-refractivity contribution is 7.20. The van der Waals surface area contributed by atoms with Crippen molar-refractivity contribution in [2.24, 2.45) is 0 Å². The van der Waals surface area contributed by atoms with Gasteiger partial charge in [0.15, 0.2) is 88.7 Å². The van der Waals surface area contributed by atoms with E-state index in [9.17, 15) is 52.7 Å². The molecule has 0 spiro atoms. The Kier molecular flexibility index (Phi) is 13.6. The van der Waals surface area contributed by atoms with Crippen molar-refractivity contribution in [3.63, 3.8) is 0 Å². The normalized spacial score (nSPS) is 11.6. The number of aryl methyl sites for hydroxylation is 3. The first-order valence-electron chi connectivity index (χ1n) is 18.5. The molecule has 0 unspecified atom stereocenters. The summed E-state index contributed by atoms with van der Waals surface area (Å²) < 4.78 is 296. The lowest BCUT2D eigenvalue weighted by Crippen LogP contribution is -2.81. The molecule has 0 aliphatic carbocycles. The maximum Gasteiger partial charge on any atom is 0.200 e. The molecule has 0 N–H and O–H groups in total. The summed E-state index contributed by atoms with van der Waals surface area (Å²) >= 11 is 0. The first-order chi connectivity index (χ1) is 31.3. The van der Waals surface area contributed by atoms with Crippen LogP contribution in [0.3, 0.4) is 0 Å². The average Bonchev–Trinajstić information content (AvgIpc) is 3.29. The van der Waals surface area contributed by atoms with E-state index in [1.54, 1.807) is 0 Å². The van der Waals surface area contributed by atoms with E-state index in [4.69, 9.17) is 0 Å². The van der Waals surface area contributed by atoms with Crippen LogP contribution in [0.15, 0.2) is 61.1 Å². The van der Waals surface area contributed by atoms with Crippen molar-refractivity contribution in [2.75, 3.05) is 0 Å². The SMILES string of the molecule is Cc1cc(C)c(-c2c[n+](Cc3ccccc3)ccn2)c(C)c1.Fc1c(F)c(F)c([B-](c2c(F)c(F)c(F)c(F)c2F)(c2c(F)c(F)c(F)c(F)c2F)c2c(F)c(F)c(F)c(F)c2F)c(F)c1F. The van der Waals surface area contributed by atoms with Crippen LogP contribution in [0.4, 0.5) is 87.8 Å². The largest absolute Gasteiger partial charge is 0.244 e. The molecule has 0 amide bonds. The Bertz CT molecular complexity index is 2740. The third-order valence-corrected chi connectivity index (χ3v) is 10.6. The lowest BCUT2D eigenvalue weighted by atomic mass is 9.12. The number of halogens is 20. The number of aromatic nitrogens is 2. The van der Waals surface area contributed by atoms with Crippen LogP contribution in [0.2, 0.25) is 0 Å². The van der Waals surface area contributed by atoms with Gasteiger partial charge in [-0.2, -0.15) is 4.57 Å². The molecule has 2 nitrogen and oxygen atoms in total. The zero-order valence-electron chi connectivity index (χ0n) is 33.5. The second-order valence-electron chi connectivity index (χ2n) is 14.7. The van der Waals surface area contributed by atoms with E-state index >= 15 is 35.1 Å². The van der Waals surface area contributed by atoms with Gasteiger partial charge in [-0.05, 0) is 31.9 Å². The monoisotopic (exact) mass is 968 g/mol. The first kappa shape index (κ1) is 49.5. The zero-order valence-corrected chi connectivity index (χ0v) is 33.5. The molecule has 1 heterocycles. The van der Waals surface area contributed by atoms with Crippen molar-refractivity contribution in [3.8, 4) is 11.3 Å². The van der Waals surface area contributed by atoms with E-state index in [1.165, 1.54) is 27.8 Å². The fourth-order valence-corrected chi connectivity index (χ4v) is 7.91. The van der Waals surface area contributed by atoms with Crippen LogP contribution >= 0.6 is 0 Å². The second-order valence-corrected chi connectivity index (χ2v) is 14.7. The highest BCUT2D eigenvalue weighted by Crippen LogP contribution is 2.31. The third kappa shape index (κ3) is 8.00. The van der Waals surface area contributed by atoms with Gasteiger partial charge in [0, 0.05) is 11.1 Å². The average molecular weight is 968 g/mol. The standard InChI is InChI=1S/C24BF20.C20H21N2/c26-5-1(6(27)14(35)21(42)13(5)34)25(2-7(28)15(36)22(43)16(37)8(2)29,3-9(30)17(38)23(44)18(39)10(3)31)4-11(32)19(40)24(45)20(41)12(4)33;1-15-11-16(2)20(17(3)12-15)19-14-22(10-9-21-19)13-18-7-5-4-6-8-18/h;4-12,14H,13H2,1-3H3/q-1;+1. The van der Waals surface area contributed by atoms with Gasteiger partial charge in [0.05, 0.1) is 6.20 Å². The summed E-state index contributed by atoms with van der Waals surface area (Å²) in [6.07, 6.45) is -1.17. The van der Waals surface area contributed by atoms with Crippen LogP contribution in [0.5, 0.6) is 0 Å². The summed E-state index contributed by atoms with van der Waals surface area (Å²) in [6.45, 7) is 7.31. The number of benzene rings is 6. The van der Waals surface area contributed by atoms with Gasteiger partial charge in [0.2, 0.25) is 0 Å². The molecule has 23 heteroatoms. The van der Waals surface area contributed by atoms with Crippen molar-refractivity contribution in [1.29, 1.82) is 0 Å². The summed E-state index contributed by atoms with van der Waals surface area (Å²) in [5.74, 6) is -71.4. The Morgan fingerprint density at radius 3 is 0.985 bits per heavy atom. The summed E-state index contributed by atoms with van der Waals surface area (Å²) in [5.41, 5.74) is -6.90. The molecule has 6 aromatic carbocycles. The van der Waals surface area contributed by atoms with Crippen molar-refractivity contribution in [2.45, 2.75) is 27.3 Å². The minimum Gasteiger partial charge on any atom is -0.244 e. The smallest absolute Gasteiger partial charge is 0.200 e. The van der Waals surface area contributed by atoms with Gasteiger partial charge >= 0.3 is 0 Å². The fourth-order valence-electron chi connectivity index (χ4n) is 7.91. The number of hydrogen-bond donors (Lipinski definition) is 0. The van der Waals surface area contributed by atoms with Crippen LogP contribution in [0, 0.1) is 137 Å². The predicted molar refractivity (Wildman–Crippen MR) is 199 cm³/mol. The Morgan fingerprint density at radius 1 is 0.403 bits per heavy atom. The predicted octanol–water partition coefficient (Wildman–Crippen LogP) is 9.86. The van der Waals surface area contributed by atoms with E-state index in [1.807, 2.05) is 18.5 Å². The van der Waals surface area contributed by atoms with E-state index in [0.29, 0.717) is 0 Å². The quantitative estimate of drug-likeness (QED) is 0.0512. The summed E-state index contributed by atoms with van der Waals surface area (Å²) in [7, 11) is 0. The molecule has 0 radical (unpaired) electrons. The molecule has 350 valence electrons. The van der Waals surface area contributed by atoms with Gasteiger partial charge in [-0.25, -0.2) is 92.8 Å². The van der Waals surface area contributed by atoms with E-state index < -0.39 is 144 Å². The number of rotatable bonds is 7. The van der Waals surface area contributed by atoms with Gasteiger partial charge in [0.25, 0.3) is 0 Å². The molecule has 7 aromatic rings. The fraction of sp³-hybridized carbons (Fsp3) is 0.0909. The van der Waals surface area contributed by atoms with E-state index in [-0.39, 0.29) is 0 Å². The van der Waals surface area contributed by atoms with E-state index in [2.05, 4.69) is 72.9 Å². The maximum atomic E-state index is 15.4. The summed E-state index contributed by atoms with van der Waals surface area (Å²) in [4.78, 5) is 4.58. The maximum absolute atomic E-state index is 15.4. The van der Waals surface area contributed by atoms with Crippen LogP contribution in [0.1, 0.15) is 22.3 Å². The van der Waals surface area contributed by atoms with Crippen LogP contribution in [-0.4, -0.2) is 11.1 Å². The highest BCUT2D eigenvalue weighted by atomic mass is 19.2. The second kappa shape index (κ2) is 18.4. The van der Waals surface area contributed by atoms with Crippen molar-refractivity contribution in [1.82, 2.24) is 4.98 Å². The molecule has 0 atom stereocenters. The molecule has 1 aromatic heterocycles. The third-order valence-electron chi connectivity index (χ3n) is 10.6. The molecule has 67 heavy (non-hydrogen) atoms. The van der Waals surface area contributed by atoms with Crippen molar-refractivity contribution < 1.29 is 92.4 Å². The first-order valence-corrected chi connectivity index (χ1v) is 18.5. The van der Waals surface area contributed by atoms with Crippen molar-refractivity contribution >= 4 is 28.0 Å². The zero-order chi connectivity index (χ0) is 49.9. The molecular formula is C44H21BF20N2. The Balaban J connectivity index is 0.000000279. The molecule has 0 fully saturated rings. The molecular weight excluding hydrogens is 947 g/mol. The lowest BCUT2D eigenvalue weighted by molar-refractivity contribution is -0.688. The Morgan fingerprint density at radius 2 is 0.687 bits per heavy atom. The van der Waals surface area contributed by atoms with Crippen LogP contribution in [0.25, 0.3) is 11.3 Å². The van der Waals surface area contributed by atoms with Gasteiger partial charge in [0.1, 0.15) is 58.4 Å². The van der Waals surface area contributed by atoms with Gasteiger partial charge < -0.3 is 0 Å². The Hall–Kier alpha value is -6.94. The van der Waals surface area contributed by atoms with Crippen LogP contribution in [-0.2, 0) is 6.54 Å². The highest BCUT2D eigenvalue weighted by Gasteiger charge is 2.52. The molecule has 0 saturated heterocycles. The van der Waals surface area contributed by atoms with Gasteiger partial charge in [-0.3, -0.25) is 0 Å². The molecule has 0 bridgehead atoms. The topological polar surface area (TPSA) is 16.8 Å². The molecule has 7 rings (SSSR count). The summed E-state index contributed by atoms with van der Waals surface area (Å²) in [5, 5.41) is 0. The van der Waals surface area contributed by atoms with Crippen LogP contribution < -0.4 is 26.4 Å². The minimum atomic E-state index is -7.22. The van der Waals surface area contributed by atoms with Crippen molar-refractivity contribution in [3.05, 3.63) is 200 Å². The number of nitrogens with zero attached hydrogens (tertiary/aromatic N) is 2. The van der Waals surface area contributed by atoms with Gasteiger partial charge in [-0.15, -0.1) is 21.9 Å². The minimum absolute atomic E-state index is 0.861. The molecule has 0 saturated carbocycles. The van der Waals surface area contributed by atoms with E-state index in [0.717, 1.165) is 12.2 Å². The molecule has 0 aliphatic rings. The molecule has 0 aliphatic heterocycles. The lowest BCUT2D eigenvalue weighted by Gasteiger charge is -2.44. The summed E-state index contributed by atoms with van der Waals surface area (Å²) in [6, 6.07) is 14.9. The Labute approximate surface area is 363 Å².